The first-order chi connectivity index (χ1) is 11.9. The molecule has 0 saturated heterocycles. The van der Waals surface area contributed by atoms with E-state index in [1.54, 1.807) is 0 Å². The van der Waals surface area contributed by atoms with Gasteiger partial charge in [0.2, 0.25) is 5.69 Å². The summed E-state index contributed by atoms with van der Waals surface area (Å²) in [6, 6.07) is 18.0. The molecular weight excluding hydrogens is 302 g/mol. The number of benzene rings is 2. The van der Waals surface area contributed by atoms with Crippen LogP contribution in [0.25, 0.3) is 22.4 Å². The lowest BCUT2D eigenvalue weighted by molar-refractivity contribution is -0.660. The SMILES string of the molecule is CCc1ccc(-c2c(C)ccc3c2C(C)(C)c2ccccc2-3)[n+](C)c1. The highest BCUT2D eigenvalue weighted by atomic mass is 14.9. The summed E-state index contributed by atoms with van der Waals surface area (Å²) in [7, 11) is 2.17. The maximum Gasteiger partial charge on any atom is 0.212 e. The molecule has 1 aliphatic carbocycles. The smallest absolute Gasteiger partial charge is 0.201 e. The number of nitrogens with zero attached hydrogens (tertiary/aromatic N) is 1. The van der Waals surface area contributed by atoms with Gasteiger partial charge in [0.1, 0.15) is 7.05 Å². The standard InChI is InChI=1S/C24H26N/c1-6-17-12-14-21(25(5)15-17)22-16(2)11-13-19-18-9-7-8-10-20(18)24(3,4)23(19)22/h7-15H,6H2,1-5H3/q+1. The second-order valence-electron chi connectivity index (χ2n) is 7.74. The van der Waals surface area contributed by atoms with Crippen LogP contribution < -0.4 is 4.57 Å². The lowest BCUT2D eigenvalue weighted by Gasteiger charge is -2.24. The molecule has 1 aliphatic rings. The van der Waals surface area contributed by atoms with E-state index in [0.717, 1.165) is 6.42 Å². The van der Waals surface area contributed by atoms with E-state index in [-0.39, 0.29) is 5.41 Å². The molecule has 2 aromatic carbocycles. The fraction of sp³-hybridized carbons (Fsp3) is 0.292. The molecule has 1 nitrogen and oxygen atoms in total. The van der Waals surface area contributed by atoms with Crippen molar-refractivity contribution in [3.8, 4) is 22.4 Å². The molecule has 1 aromatic heterocycles. The Hall–Kier alpha value is -2.41. The molecule has 25 heavy (non-hydrogen) atoms. The van der Waals surface area contributed by atoms with Crippen molar-refractivity contribution in [3.05, 3.63) is 77.0 Å². The van der Waals surface area contributed by atoms with Crippen LogP contribution in [-0.2, 0) is 18.9 Å². The van der Waals surface area contributed by atoms with E-state index in [1.165, 1.54) is 44.6 Å². The quantitative estimate of drug-likeness (QED) is 0.558. The minimum absolute atomic E-state index is 0.0176. The van der Waals surface area contributed by atoms with Crippen LogP contribution >= 0.6 is 0 Å². The van der Waals surface area contributed by atoms with E-state index in [0.29, 0.717) is 0 Å². The summed E-state index contributed by atoms with van der Waals surface area (Å²) in [6.07, 6.45) is 3.33. The Morgan fingerprint density at radius 3 is 2.40 bits per heavy atom. The van der Waals surface area contributed by atoms with Gasteiger partial charge in [-0.1, -0.05) is 57.2 Å². The monoisotopic (exact) mass is 328 g/mol. The van der Waals surface area contributed by atoms with Crippen LogP contribution in [-0.4, -0.2) is 0 Å². The van der Waals surface area contributed by atoms with Crippen LogP contribution in [0.5, 0.6) is 0 Å². The number of aromatic nitrogens is 1. The third kappa shape index (κ3) is 2.26. The lowest BCUT2D eigenvalue weighted by atomic mass is 9.78. The van der Waals surface area contributed by atoms with E-state index in [2.05, 4.69) is 94.0 Å². The zero-order chi connectivity index (χ0) is 17.8. The Morgan fingerprint density at radius 1 is 0.920 bits per heavy atom. The fourth-order valence-electron chi connectivity index (χ4n) is 4.44. The molecule has 0 N–H and O–H groups in total. The van der Waals surface area contributed by atoms with Crippen LogP contribution in [0.4, 0.5) is 0 Å². The van der Waals surface area contributed by atoms with Crippen molar-refractivity contribution in [1.82, 2.24) is 0 Å². The predicted molar refractivity (Wildman–Crippen MR) is 105 cm³/mol. The van der Waals surface area contributed by atoms with Gasteiger partial charge >= 0.3 is 0 Å². The van der Waals surface area contributed by atoms with E-state index >= 15 is 0 Å². The van der Waals surface area contributed by atoms with Gasteiger partial charge in [-0.05, 0) is 47.2 Å². The van der Waals surface area contributed by atoms with E-state index in [4.69, 9.17) is 0 Å². The predicted octanol–water partition coefficient (Wildman–Crippen LogP) is 5.36. The first-order valence-corrected chi connectivity index (χ1v) is 9.18. The highest BCUT2D eigenvalue weighted by Crippen LogP contribution is 2.52. The average Bonchev–Trinajstić information content (AvgIpc) is 2.84. The van der Waals surface area contributed by atoms with Crippen molar-refractivity contribution >= 4 is 0 Å². The van der Waals surface area contributed by atoms with Gasteiger partial charge in [-0.25, -0.2) is 4.57 Å². The van der Waals surface area contributed by atoms with E-state index < -0.39 is 0 Å². The zero-order valence-electron chi connectivity index (χ0n) is 15.9. The molecule has 1 heteroatoms. The summed E-state index contributed by atoms with van der Waals surface area (Å²) < 4.78 is 2.29. The molecule has 0 atom stereocenters. The highest BCUT2D eigenvalue weighted by molar-refractivity contribution is 5.88. The van der Waals surface area contributed by atoms with Gasteiger partial charge < -0.3 is 0 Å². The Bertz CT molecular complexity index is 979. The molecule has 0 spiro atoms. The molecular formula is C24H26N+. The van der Waals surface area contributed by atoms with Gasteiger partial charge in [0.25, 0.3) is 0 Å². The van der Waals surface area contributed by atoms with Crippen molar-refractivity contribution in [2.75, 3.05) is 0 Å². The van der Waals surface area contributed by atoms with Crippen molar-refractivity contribution in [2.24, 2.45) is 7.05 Å². The molecule has 0 aliphatic heterocycles. The summed E-state index contributed by atoms with van der Waals surface area (Å²) in [5.74, 6) is 0. The summed E-state index contributed by atoms with van der Waals surface area (Å²) in [5.41, 5.74) is 11.1. The minimum atomic E-state index is 0.0176. The number of fused-ring (bicyclic) bond motifs is 3. The molecule has 126 valence electrons. The zero-order valence-corrected chi connectivity index (χ0v) is 15.9. The number of hydrogen-bond acceptors (Lipinski definition) is 0. The summed E-state index contributed by atoms with van der Waals surface area (Å²) in [6.45, 7) is 9.17. The first-order valence-electron chi connectivity index (χ1n) is 9.18. The van der Waals surface area contributed by atoms with Gasteiger partial charge in [0.05, 0.1) is 5.56 Å². The van der Waals surface area contributed by atoms with Gasteiger partial charge in [0.15, 0.2) is 6.20 Å². The molecule has 0 bridgehead atoms. The third-order valence-electron chi connectivity index (χ3n) is 5.79. The van der Waals surface area contributed by atoms with Crippen molar-refractivity contribution in [2.45, 2.75) is 39.5 Å². The largest absolute Gasteiger partial charge is 0.212 e. The topological polar surface area (TPSA) is 3.88 Å². The first kappa shape index (κ1) is 16.1. The Kier molecular flexibility index (Phi) is 3.57. The minimum Gasteiger partial charge on any atom is -0.201 e. The molecule has 0 fully saturated rings. The van der Waals surface area contributed by atoms with Gasteiger partial charge in [-0.2, -0.15) is 0 Å². The normalized spacial score (nSPS) is 14.3. The van der Waals surface area contributed by atoms with E-state index in [1.807, 2.05) is 0 Å². The molecule has 3 aromatic rings. The molecule has 0 amide bonds. The van der Waals surface area contributed by atoms with Crippen LogP contribution in [0.15, 0.2) is 54.7 Å². The molecule has 0 radical (unpaired) electrons. The Labute approximate surface area is 151 Å². The van der Waals surface area contributed by atoms with Crippen molar-refractivity contribution in [1.29, 1.82) is 0 Å². The van der Waals surface area contributed by atoms with Crippen LogP contribution in [0.3, 0.4) is 0 Å². The number of hydrogen-bond donors (Lipinski definition) is 0. The second kappa shape index (κ2) is 5.56. The summed E-state index contributed by atoms with van der Waals surface area (Å²) >= 11 is 0. The summed E-state index contributed by atoms with van der Waals surface area (Å²) in [4.78, 5) is 0. The van der Waals surface area contributed by atoms with Gasteiger partial charge in [0, 0.05) is 17.0 Å². The molecule has 0 saturated carbocycles. The average molecular weight is 328 g/mol. The van der Waals surface area contributed by atoms with E-state index in [9.17, 15) is 0 Å². The van der Waals surface area contributed by atoms with Crippen molar-refractivity contribution in [3.63, 3.8) is 0 Å². The Balaban J connectivity index is 2.05. The second-order valence-corrected chi connectivity index (χ2v) is 7.74. The molecule has 1 heterocycles. The van der Waals surface area contributed by atoms with Crippen LogP contribution in [0, 0.1) is 6.92 Å². The number of rotatable bonds is 2. The highest BCUT2D eigenvalue weighted by Gasteiger charge is 2.39. The maximum atomic E-state index is 2.36. The van der Waals surface area contributed by atoms with Crippen molar-refractivity contribution < 1.29 is 4.57 Å². The summed E-state index contributed by atoms with van der Waals surface area (Å²) in [5, 5.41) is 0. The number of pyridine rings is 1. The Morgan fingerprint density at radius 2 is 1.68 bits per heavy atom. The van der Waals surface area contributed by atoms with Gasteiger partial charge in [-0.3, -0.25) is 0 Å². The third-order valence-corrected chi connectivity index (χ3v) is 5.79. The lowest BCUT2D eigenvalue weighted by Crippen LogP contribution is -2.32. The molecule has 0 unspecified atom stereocenters. The van der Waals surface area contributed by atoms with Crippen LogP contribution in [0.1, 0.15) is 43.0 Å². The fourth-order valence-corrected chi connectivity index (χ4v) is 4.44. The van der Waals surface area contributed by atoms with Gasteiger partial charge in [-0.15, -0.1) is 0 Å². The maximum absolute atomic E-state index is 2.36. The molecule has 4 rings (SSSR count). The van der Waals surface area contributed by atoms with Crippen LogP contribution in [0.2, 0.25) is 0 Å². The number of aryl methyl sites for hydroxylation is 3.